The molecule has 5 heteroatoms. The minimum atomic E-state index is 0.225. The number of hydrogen-bond acceptors (Lipinski definition) is 4. The van der Waals surface area contributed by atoms with Crippen LogP contribution in [0.1, 0.15) is 11.1 Å². The number of methoxy groups -OCH3 is 1. The molecule has 0 spiro atoms. The molecule has 25 heavy (non-hydrogen) atoms. The van der Waals surface area contributed by atoms with Crippen molar-refractivity contribution in [2.75, 3.05) is 12.8 Å². The third-order valence-electron chi connectivity index (χ3n) is 3.97. The molecule has 4 nitrogen and oxygen atoms in total. The molecular weight excluding hydrogens is 378 g/mol. The lowest BCUT2D eigenvalue weighted by atomic mass is 9.98. The van der Waals surface area contributed by atoms with Crippen LogP contribution in [-0.2, 0) is 0 Å². The fraction of sp³-hybridized carbons (Fsp3) is 0.100. The second-order valence-corrected chi connectivity index (χ2v) is 6.50. The fourth-order valence-electron chi connectivity index (χ4n) is 2.62. The monoisotopic (exact) mass is 393 g/mol. The predicted octanol–water partition coefficient (Wildman–Crippen LogP) is 4.95. The normalized spacial score (nSPS) is 10.3. The minimum Gasteiger partial charge on any atom is -0.496 e. The van der Waals surface area contributed by atoms with Gasteiger partial charge in [0.15, 0.2) is 0 Å². The summed E-state index contributed by atoms with van der Waals surface area (Å²) in [5.41, 5.74) is 10.9. The third-order valence-corrected chi connectivity index (χ3v) is 4.59. The topological polar surface area (TPSA) is 71.9 Å². The summed E-state index contributed by atoms with van der Waals surface area (Å²) in [6.45, 7) is 2.03. The van der Waals surface area contributed by atoms with Crippen LogP contribution < -0.4 is 10.5 Å². The molecular formula is C20H16BrN3O. The number of nitrogens with two attached hydrogens (primary N) is 1. The van der Waals surface area contributed by atoms with E-state index in [0.717, 1.165) is 32.6 Å². The van der Waals surface area contributed by atoms with Gasteiger partial charge in [-0.25, -0.2) is 4.98 Å². The highest BCUT2D eigenvalue weighted by Gasteiger charge is 2.14. The summed E-state index contributed by atoms with van der Waals surface area (Å²) in [5.74, 6) is 0.950. The van der Waals surface area contributed by atoms with Crippen molar-refractivity contribution in [3.05, 3.63) is 64.1 Å². The molecule has 0 amide bonds. The van der Waals surface area contributed by atoms with Gasteiger partial charge in [-0.15, -0.1) is 0 Å². The number of hydrogen-bond donors (Lipinski definition) is 1. The van der Waals surface area contributed by atoms with Crippen molar-refractivity contribution in [3.8, 4) is 34.2 Å². The van der Waals surface area contributed by atoms with E-state index in [-0.39, 0.29) is 5.82 Å². The SMILES string of the molecule is COc1ccc(-c2cc(-c3ccc(C)cc3)nc(N)c2C#N)cc1Br. The second-order valence-electron chi connectivity index (χ2n) is 5.64. The Morgan fingerprint density at radius 2 is 1.76 bits per heavy atom. The van der Waals surface area contributed by atoms with Gasteiger partial charge in [-0.3, -0.25) is 0 Å². The largest absolute Gasteiger partial charge is 0.496 e. The molecule has 0 aliphatic rings. The number of anilines is 1. The highest BCUT2D eigenvalue weighted by Crippen LogP contribution is 2.35. The number of aromatic nitrogens is 1. The predicted molar refractivity (Wildman–Crippen MR) is 103 cm³/mol. The van der Waals surface area contributed by atoms with Crippen LogP contribution in [0.5, 0.6) is 5.75 Å². The molecule has 0 atom stereocenters. The number of rotatable bonds is 3. The average molecular weight is 394 g/mol. The highest BCUT2D eigenvalue weighted by atomic mass is 79.9. The molecule has 0 saturated carbocycles. The summed E-state index contributed by atoms with van der Waals surface area (Å²) in [6.07, 6.45) is 0. The van der Waals surface area contributed by atoms with Crippen LogP contribution in [0, 0.1) is 18.3 Å². The van der Waals surface area contributed by atoms with Crippen molar-refractivity contribution in [2.45, 2.75) is 6.92 Å². The Morgan fingerprint density at radius 3 is 2.36 bits per heavy atom. The van der Waals surface area contributed by atoms with Crippen LogP contribution in [0.15, 0.2) is 53.0 Å². The second kappa shape index (κ2) is 6.96. The number of aryl methyl sites for hydroxylation is 1. The van der Waals surface area contributed by atoms with Crippen LogP contribution in [0.3, 0.4) is 0 Å². The first-order valence-electron chi connectivity index (χ1n) is 7.65. The van der Waals surface area contributed by atoms with Crippen LogP contribution in [-0.4, -0.2) is 12.1 Å². The van der Waals surface area contributed by atoms with Gasteiger partial charge in [-0.1, -0.05) is 35.9 Å². The Balaban J connectivity index is 2.19. The fourth-order valence-corrected chi connectivity index (χ4v) is 3.16. The van der Waals surface area contributed by atoms with Crippen molar-refractivity contribution in [1.29, 1.82) is 5.26 Å². The van der Waals surface area contributed by atoms with Gasteiger partial charge in [0.2, 0.25) is 0 Å². The lowest BCUT2D eigenvalue weighted by Crippen LogP contribution is -2.00. The van der Waals surface area contributed by atoms with Crippen LogP contribution in [0.4, 0.5) is 5.82 Å². The molecule has 0 radical (unpaired) electrons. The summed E-state index contributed by atoms with van der Waals surface area (Å²) >= 11 is 3.49. The molecule has 2 N–H and O–H groups in total. The Bertz CT molecular complexity index is 975. The molecule has 1 aromatic heterocycles. The Kier molecular flexibility index (Phi) is 4.73. The summed E-state index contributed by atoms with van der Waals surface area (Å²) in [6, 6.07) is 17.8. The van der Waals surface area contributed by atoms with E-state index in [4.69, 9.17) is 10.5 Å². The third kappa shape index (κ3) is 3.35. The zero-order valence-corrected chi connectivity index (χ0v) is 15.5. The summed E-state index contributed by atoms with van der Waals surface area (Å²) in [4.78, 5) is 4.41. The summed E-state index contributed by atoms with van der Waals surface area (Å²) in [5, 5.41) is 9.52. The molecule has 2 aromatic carbocycles. The van der Waals surface area contributed by atoms with E-state index in [1.807, 2.05) is 55.5 Å². The van der Waals surface area contributed by atoms with Crippen LogP contribution >= 0.6 is 15.9 Å². The van der Waals surface area contributed by atoms with Gasteiger partial charge in [0.05, 0.1) is 17.3 Å². The van der Waals surface area contributed by atoms with E-state index in [1.165, 1.54) is 5.56 Å². The Hall–Kier alpha value is -2.84. The zero-order valence-electron chi connectivity index (χ0n) is 13.9. The Morgan fingerprint density at radius 1 is 1.08 bits per heavy atom. The zero-order chi connectivity index (χ0) is 18.0. The van der Waals surface area contributed by atoms with Crippen LogP contribution in [0.2, 0.25) is 0 Å². The standard InChI is InChI=1S/C20H16BrN3O/c1-12-3-5-13(6-4-12)18-10-15(16(11-22)20(23)24-18)14-7-8-19(25-2)17(21)9-14/h3-10H,1-2H3,(H2,23,24). The number of ether oxygens (including phenoxy) is 1. The lowest BCUT2D eigenvalue weighted by Gasteiger charge is -2.12. The number of nitrogen functional groups attached to an aromatic ring is 1. The molecule has 124 valence electrons. The van der Waals surface area contributed by atoms with Gasteiger partial charge >= 0.3 is 0 Å². The maximum Gasteiger partial charge on any atom is 0.142 e. The molecule has 3 rings (SSSR count). The van der Waals surface area contributed by atoms with Gasteiger partial charge in [0, 0.05) is 11.1 Å². The molecule has 0 unspecified atom stereocenters. The van der Waals surface area contributed by atoms with E-state index in [2.05, 4.69) is 27.0 Å². The number of nitrogens with zero attached hydrogens (tertiary/aromatic N) is 2. The van der Waals surface area contributed by atoms with Gasteiger partial charge in [-0.05, 0) is 46.6 Å². The van der Waals surface area contributed by atoms with Crippen molar-refractivity contribution < 1.29 is 4.74 Å². The van der Waals surface area contributed by atoms with E-state index in [9.17, 15) is 5.26 Å². The van der Waals surface area contributed by atoms with Crippen LogP contribution in [0.25, 0.3) is 22.4 Å². The number of pyridine rings is 1. The summed E-state index contributed by atoms with van der Waals surface area (Å²) < 4.78 is 6.08. The molecule has 0 fully saturated rings. The van der Waals surface area contributed by atoms with Gasteiger partial charge < -0.3 is 10.5 Å². The lowest BCUT2D eigenvalue weighted by molar-refractivity contribution is 0.412. The van der Waals surface area contributed by atoms with Crippen molar-refractivity contribution >= 4 is 21.7 Å². The first kappa shape index (κ1) is 17.0. The molecule has 3 aromatic rings. The molecule has 1 heterocycles. The Labute approximate surface area is 155 Å². The van der Waals surface area contributed by atoms with Gasteiger partial charge in [-0.2, -0.15) is 5.26 Å². The van der Waals surface area contributed by atoms with Crippen molar-refractivity contribution in [2.24, 2.45) is 0 Å². The van der Waals surface area contributed by atoms with E-state index in [1.54, 1.807) is 7.11 Å². The molecule has 0 aliphatic heterocycles. The number of nitriles is 1. The van der Waals surface area contributed by atoms with E-state index < -0.39 is 0 Å². The van der Waals surface area contributed by atoms with E-state index in [0.29, 0.717) is 5.56 Å². The maximum atomic E-state index is 9.52. The molecule has 0 saturated heterocycles. The van der Waals surface area contributed by atoms with Gasteiger partial charge in [0.25, 0.3) is 0 Å². The van der Waals surface area contributed by atoms with Gasteiger partial charge in [0.1, 0.15) is 23.2 Å². The van der Waals surface area contributed by atoms with E-state index >= 15 is 0 Å². The average Bonchev–Trinajstić information content (AvgIpc) is 2.61. The molecule has 0 bridgehead atoms. The maximum absolute atomic E-state index is 9.52. The minimum absolute atomic E-state index is 0.225. The molecule has 0 aliphatic carbocycles. The number of benzene rings is 2. The first-order chi connectivity index (χ1) is 12.0. The first-order valence-corrected chi connectivity index (χ1v) is 8.44. The summed E-state index contributed by atoms with van der Waals surface area (Å²) in [7, 11) is 1.61. The quantitative estimate of drug-likeness (QED) is 0.682. The van der Waals surface area contributed by atoms with Crippen molar-refractivity contribution in [1.82, 2.24) is 4.98 Å². The van der Waals surface area contributed by atoms with Crippen molar-refractivity contribution in [3.63, 3.8) is 0 Å². The highest BCUT2D eigenvalue weighted by molar-refractivity contribution is 9.10. The number of halogens is 1. The smallest absolute Gasteiger partial charge is 0.142 e.